The summed E-state index contributed by atoms with van der Waals surface area (Å²) in [6, 6.07) is 9.84. The zero-order valence-electron chi connectivity index (χ0n) is 19.7. The topological polar surface area (TPSA) is 113 Å². The van der Waals surface area contributed by atoms with Gasteiger partial charge in [-0.25, -0.2) is 21.2 Å². The van der Waals surface area contributed by atoms with Gasteiger partial charge in [-0.3, -0.25) is 9.10 Å². The SMILES string of the molecule is C[C@H](C(=O)NCCOc1ccc(S(=O)(=O)N2CCCCC2)cc1)N(c1ccc(F)cc1)S(C)(=O)=O. The highest BCUT2D eigenvalue weighted by molar-refractivity contribution is 7.92. The van der Waals surface area contributed by atoms with Crippen LogP contribution in [0.4, 0.5) is 10.1 Å². The van der Waals surface area contributed by atoms with Crippen molar-refractivity contribution in [2.24, 2.45) is 0 Å². The van der Waals surface area contributed by atoms with E-state index in [-0.39, 0.29) is 23.7 Å². The molecule has 1 N–H and O–H groups in total. The summed E-state index contributed by atoms with van der Waals surface area (Å²) in [5.41, 5.74) is 0.174. The summed E-state index contributed by atoms with van der Waals surface area (Å²) >= 11 is 0. The van der Waals surface area contributed by atoms with Crippen LogP contribution in [0, 0.1) is 5.82 Å². The lowest BCUT2D eigenvalue weighted by molar-refractivity contribution is -0.121. The predicted molar refractivity (Wildman–Crippen MR) is 131 cm³/mol. The lowest BCUT2D eigenvalue weighted by atomic mass is 10.2. The van der Waals surface area contributed by atoms with E-state index in [0.717, 1.165) is 42.0 Å². The molecule has 1 heterocycles. The molecule has 0 unspecified atom stereocenters. The first-order valence-corrected chi connectivity index (χ1v) is 14.5. The summed E-state index contributed by atoms with van der Waals surface area (Å²) in [5.74, 6) is -0.631. The van der Waals surface area contributed by atoms with Gasteiger partial charge in [0.05, 0.1) is 23.4 Å². The minimum atomic E-state index is -3.81. The molecule has 0 bridgehead atoms. The van der Waals surface area contributed by atoms with E-state index >= 15 is 0 Å². The Kier molecular flexibility index (Phi) is 8.73. The molecule has 1 aliphatic rings. The molecular weight excluding hydrogens is 497 g/mol. The summed E-state index contributed by atoms with van der Waals surface area (Å²) in [5, 5.41) is 2.62. The zero-order chi connectivity index (χ0) is 25.6. The lowest BCUT2D eigenvalue weighted by Gasteiger charge is -2.28. The van der Waals surface area contributed by atoms with E-state index in [4.69, 9.17) is 4.74 Å². The van der Waals surface area contributed by atoms with Crippen LogP contribution in [0.5, 0.6) is 5.75 Å². The van der Waals surface area contributed by atoms with Crippen molar-refractivity contribution in [3.63, 3.8) is 0 Å². The van der Waals surface area contributed by atoms with Crippen molar-refractivity contribution in [2.45, 2.75) is 37.1 Å². The molecule has 3 rings (SSSR count). The normalized spacial score (nSPS) is 15.9. The summed E-state index contributed by atoms with van der Waals surface area (Å²) in [4.78, 5) is 12.8. The monoisotopic (exact) mass is 527 g/mol. The van der Waals surface area contributed by atoms with Gasteiger partial charge in [-0.05, 0) is 68.3 Å². The number of sulfonamides is 2. The minimum Gasteiger partial charge on any atom is -0.492 e. The summed E-state index contributed by atoms with van der Waals surface area (Å²) in [7, 11) is -7.33. The molecule has 1 aliphatic heterocycles. The number of hydrogen-bond donors (Lipinski definition) is 1. The predicted octanol–water partition coefficient (Wildman–Crippen LogP) is 2.35. The van der Waals surface area contributed by atoms with Crippen molar-refractivity contribution >= 4 is 31.6 Å². The van der Waals surface area contributed by atoms with Gasteiger partial charge in [0, 0.05) is 13.1 Å². The smallest absolute Gasteiger partial charge is 0.243 e. The Morgan fingerprint density at radius 3 is 2.20 bits per heavy atom. The molecule has 2 aromatic rings. The van der Waals surface area contributed by atoms with Crippen LogP contribution in [0.15, 0.2) is 53.4 Å². The number of nitrogens with one attached hydrogen (secondary N) is 1. The van der Waals surface area contributed by atoms with Gasteiger partial charge in [-0.15, -0.1) is 0 Å². The molecule has 2 aromatic carbocycles. The molecule has 0 saturated carbocycles. The third kappa shape index (κ3) is 6.92. The second-order valence-electron chi connectivity index (χ2n) is 8.29. The number of halogens is 1. The number of nitrogens with zero attached hydrogens (tertiary/aromatic N) is 2. The molecule has 9 nitrogen and oxygen atoms in total. The maximum Gasteiger partial charge on any atom is 0.243 e. The molecule has 1 atom stereocenters. The Labute approximate surface area is 206 Å². The number of carbonyl (C=O) groups is 1. The average Bonchev–Trinajstić information content (AvgIpc) is 2.83. The third-order valence-corrected chi connectivity index (χ3v) is 8.77. The van der Waals surface area contributed by atoms with Crippen LogP contribution >= 0.6 is 0 Å². The maximum absolute atomic E-state index is 13.2. The van der Waals surface area contributed by atoms with Gasteiger partial charge in [0.15, 0.2) is 0 Å². The number of piperidine rings is 1. The van der Waals surface area contributed by atoms with Crippen molar-refractivity contribution in [3.8, 4) is 5.75 Å². The first-order chi connectivity index (χ1) is 16.5. The van der Waals surface area contributed by atoms with E-state index in [1.807, 2.05) is 0 Å². The van der Waals surface area contributed by atoms with Crippen LogP contribution in [0.2, 0.25) is 0 Å². The standard InChI is InChI=1S/C23H30FN3O6S2/c1-18(27(34(2,29)30)20-8-6-19(24)7-9-20)23(28)25-14-17-33-21-10-12-22(13-11-21)35(31,32)26-15-4-3-5-16-26/h6-13,18H,3-5,14-17H2,1-2H3,(H,25,28)/t18-/m1/s1. The fourth-order valence-electron chi connectivity index (χ4n) is 3.85. The van der Waals surface area contributed by atoms with Crippen LogP contribution in [0.1, 0.15) is 26.2 Å². The van der Waals surface area contributed by atoms with E-state index in [1.54, 1.807) is 12.1 Å². The number of hydrogen-bond acceptors (Lipinski definition) is 6. The van der Waals surface area contributed by atoms with Gasteiger partial charge in [0.25, 0.3) is 0 Å². The van der Waals surface area contributed by atoms with Crippen molar-refractivity contribution in [2.75, 3.05) is 36.8 Å². The second kappa shape index (κ2) is 11.4. The first kappa shape index (κ1) is 26.9. The Hall–Kier alpha value is -2.70. The Morgan fingerprint density at radius 2 is 1.63 bits per heavy atom. The molecule has 192 valence electrons. The van der Waals surface area contributed by atoms with Crippen molar-refractivity contribution < 1.29 is 30.8 Å². The van der Waals surface area contributed by atoms with Crippen LogP contribution in [0.25, 0.3) is 0 Å². The van der Waals surface area contributed by atoms with Crippen molar-refractivity contribution in [1.82, 2.24) is 9.62 Å². The van der Waals surface area contributed by atoms with Gasteiger partial charge in [0.1, 0.15) is 24.2 Å². The van der Waals surface area contributed by atoms with Gasteiger partial charge in [0.2, 0.25) is 26.0 Å². The van der Waals surface area contributed by atoms with E-state index in [2.05, 4.69) is 5.32 Å². The molecule has 0 aliphatic carbocycles. The number of rotatable bonds is 10. The van der Waals surface area contributed by atoms with Crippen LogP contribution in [0.3, 0.4) is 0 Å². The quantitative estimate of drug-likeness (QED) is 0.475. The number of anilines is 1. The van der Waals surface area contributed by atoms with Crippen LogP contribution in [-0.4, -0.2) is 65.6 Å². The largest absolute Gasteiger partial charge is 0.492 e. The van der Waals surface area contributed by atoms with Crippen LogP contribution < -0.4 is 14.4 Å². The van der Waals surface area contributed by atoms with E-state index in [0.29, 0.717) is 18.8 Å². The highest BCUT2D eigenvalue weighted by atomic mass is 32.2. The fraction of sp³-hybridized carbons (Fsp3) is 0.435. The second-order valence-corrected chi connectivity index (χ2v) is 12.1. The van der Waals surface area contributed by atoms with E-state index in [1.165, 1.54) is 35.5 Å². The molecule has 0 spiro atoms. The molecule has 35 heavy (non-hydrogen) atoms. The molecule has 1 saturated heterocycles. The minimum absolute atomic E-state index is 0.0894. The van der Waals surface area contributed by atoms with Gasteiger partial charge < -0.3 is 10.1 Å². The first-order valence-electron chi connectivity index (χ1n) is 11.3. The molecule has 1 amide bonds. The van der Waals surface area contributed by atoms with Gasteiger partial charge >= 0.3 is 0 Å². The molecular formula is C23H30FN3O6S2. The highest BCUT2D eigenvalue weighted by Crippen LogP contribution is 2.23. The lowest BCUT2D eigenvalue weighted by Crippen LogP contribution is -2.48. The summed E-state index contributed by atoms with van der Waals surface area (Å²) in [6.07, 6.45) is 3.72. The van der Waals surface area contributed by atoms with Crippen molar-refractivity contribution in [1.29, 1.82) is 0 Å². The van der Waals surface area contributed by atoms with E-state index in [9.17, 15) is 26.0 Å². The highest BCUT2D eigenvalue weighted by Gasteiger charge is 2.29. The van der Waals surface area contributed by atoms with Gasteiger partial charge in [-0.2, -0.15) is 4.31 Å². The molecule has 0 radical (unpaired) electrons. The molecule has 12 heteroatoms. The zero-order valence-corrected chi connectivity index (χ0v) is 21.3. The number of carbonyl (C=O) groups excluding carboxylic acids is 1. The maximum atomic E-state index is 13.2. The summed E-state index contributed by atoms with van der Waals surface area (Å²) < 4.78 is 71.2. The van der Waals surface area contributed by atoms with Crippen molar-refractivity contribution in [3.05, 3.63) is 54.3 Å². The molecule has 0 aromatic heterocycles. The fourth-order valence-corrected chi connectivity index (χ4v) is 6.54. The molecule has 1 fully saturated rings. The Morgan fingerprint density at radius 1 is 1.03 bits per heavy atom. The number of amides is 1. The number of ether oxygens (including phenoxy) is 1. The summed E-state index contributed by atoms with van der Waals surface area (Å²) in [6.45, 7) is 2.67. The Bertz CT molecular complexity index is 1210. The average molecular weight is 528 g/mol. The third-order valence-electron chi connectivity index (χ3n) is 5.62. The Balaban J connectivity index is 1.53. The number of benzene rings is 2. The van der Waals surface area contributed by atoms with E-state index < -0.39 is 37.8 Å². The van der Waals surface area contributed by atoms with Crippen LogP contribution in [-0.2, 0) is 24.8 Å². The van der Waals surface area contributed by atoms with Gasteiger partial charge in [-0.1, -0.05) is 6.42 Å².